The standard InChI is InChI=1S/C12H20N4/c1-2-7-15-12(14)16-9-11-5-3-10(8-13)4-6-11/h2,10-11H,1,3-7,9H2,(H3,14,15,16). The first-order valence-electron chi connectivity index (χ1n) is 5.80. The molecule has 3 N–H and O–H groups in total. The van der Waals surface area contributed by atoms with E-state index in [1.54, 1.807) is 6.08 Å². The summed E-state index contributed by atoms with van der Waals surface area (Å²) in [6, 6.07) is 2.33. The van der Waals surface area contributed by atoms with E-state index < -0.39 is 0 Å². The van der Waals surface area contributed by atoms with Crippen molar-refractivity contribution >= 4 is 5.96 Å². The minimum atomic E-state index is 0.261. The second kappa shape index (κ2) is 6.89. The van der Waals surface area contributed by atoms with Crippen LogP contribution in [0.4, 0.5) is 0 Å². The molecular formula is C12H20N4. The van der Waals surface area contributed by atoms with Gasteiger partial charge in [-0.05, 0) is 31.6 Å². The van der Waals surface area contributed by atoms with E-state index in [1.165, 1.54) is 0 Å². The molecule has 4 heteroatoms. The predicted octanol–water partition coefficient (Wildman–Crippen LogP) is 1.41. The number of nitrogens with one attached hydrogen (secondary N) is 1. The zero-order chi connectivity index (χ0) is 11.8. The summed E-state index contributed by atoms with van der Waals surface area (Å²) in [4.78, 5) is 4.29. The van der Waals surface area contributed by atoms with Gasteiger partial charge in [0.15, 0.2) is 5.96 Å². The maximum absolute atomic E-state index is 8.78. The van der Waals surface area contributed by atoms with Crippen LogP contribution in [0.15, 0.2) is 17.6 Å². The van der Waals surface area contributed by atoms with Gasteiger partial charge in [-0.1, -0.05) is 6.08 Å². The maximum Gasteiger partial charge on any atom is 0.188 e. The molecule has 0 saturated heterocycles. The van der Waals surface area contributed by atoms with Crippen LogP contribution in [0.5, 0.6) is 0 Å². The van der Waals surface area contributed by atoms with Crippen molar-refractivity contribution in [3.8, 4) is 6.07 Å². The quantitative estimate of drug-likeness (QED) is 0.427. The molecule has 0 aromatic rings. The highest BCUT2D eigenvalue weighted by Gasteiger charge is 2.20. The topological polar surface area (TPSA) is 74.2 Å². The Hall–Kier alpha value is -1.50. The Morgan fingerprint density at radius 2 is 2.19 bits per heavy atom. The zero-order valence-corrected chi connectivity index (χ0v) is 9.65. The molecule has 0 aliphatic heterocycles. The number of nitrogens with two attached hydrogens (primary N) is 1. The number of nitriles is 1. The van der Waals surface area contributed by atoms with Crippen molar-refractivity contribution in [2.45, 2.75) is 25.7 Å². The van der Waals surface area contributed by atoms with Gasteiger partial charge in [0, 0.05) is 19.0 Å². The molecule has 0 atom stereocenters. The fourth-order valence-corrected chi connectivity index (χ4v) is 1.93. The first kappa shape index (κ1) is 12.6. The number of nitrogens with zero attached hydrogens (tertiary/aromatic N) is 2. The summed E-state index contributed by atoms with van der Waals surface area (Å²) in [5.41, 5.74) is 5.67. The molecule has 0 spiro atoms. The average molecular weight is 220 g/mol. The second-order valence-corrected chi connectivity index (χ2v) is 4.24. The van der Waals surface area contributed by atoms with Gasteiger partial charge < -0.3 is 11.1 Å². The SMILES string of the molecule is C=CCNC(N)=NCC1CCC(C#N)CC1. The Labute approximate surface area is 97.2 Å². The molecule has 0 unspecified atom stereocenters. The monoisotopic (exact) mass is 220 g/mol. The lowest BCUT2D eigenvalue weighted by molar-refractivity contribution is 0.322. The number of aliphatic imine (C=N–C) groups is 1. The van der Waals surface area contributed by atoms with Crippen molar-refractivity contribution < 1.29 is 0 Å². The minimum absolute atomic E-state index is 0.261. The molecule has 88 valence electrons. The summed E-state index contributed by atoms with van der Waals surface area (Å²) in [6.45, 7) is 5.02. The fourth-order valence-electron chi connectivity index (χ4n) is 1.93. The lowest BCUT2D eigenvalue weighted by Gasteiger charge is -2.23. The van der Waals surface area contributed by atoms with E-state index in [0.717, 1.165) is 32.2 Å². The van der Waals surface area contributed by atoms with Gasteiger partial charge in [-0.3, -0.25) is 4.99 Å². The largest absolute Gasteiger partial charge is 0.370 e. The van der Waals surface area contributed by atoms with E-state index in [9.17, 15) is 0 Å². The van der Waals surface area contributed by atoms with Crippen molar-refractivity contribution in [2.75, 3.05) is 13.1 Å². The molecule has 4 nitrogen and oxygen atoms in total. The van der Waals surface area contributed by atoms with Crippen LogP contribution in [0.25, 0.3) is 0 Å². The zero-order valence-electron chi connectivity index (χ0n) is 9.65. The highest BCUT2D eigenvalue weighted by Crippen LogP contribution is 2.28. The van der Waals surface area contributed by atoms with Crippen molar-refractivity contribution in [3.05, 3.63) is 12.7 Å². The first-order valence-corrected chi connectivity index (χ1v) is 5.80. The maximum atomic E-state index is 8.78. The minimum Gasteiger partial charge on any atom is -0.370 e. The molecule has 1 rings (SSSR count). The van der Waals surface area contributed by atoms with Crippen molar-refractivity contribution in [1.82, 2.24) is 5.32 Å². The molecule has 1 aliphatic carbocycles. The van der Waals surface area contributed by atoms with Gasteiger partial charge in [-0.25, -0.2) is 0 Å². The van der Waals surface area contributed by atoms with Gasteiger partial charge in [0.2, 0.25) is 0 Å². The van der Waals surface area contributed by atoms with Gasteiger partial charge in [0.1, 0.15) is 0 Å². The first-order chi connectivity index (χ1) is 7.76. The number of rotatable bonds is 4. The molecular weight excluding hydrogens is 200 g/mol. The van der Waals surface area contributed by atoms with Crippen molar-refractivity contribution in [1.29, 1.82) is 5.26 Å². The van der Waals surface area contributed by atoms with Crippen LogP contribution in [-0.2, 0) is 0 Å². The van der Waals surface area contributed by atoms with Crippen LogP contribution in [0, 0.1) is 23.2 Å². The number of guanidine groups is 1. The van der Waals surface area contributed by atoms with Crippen LogP contribution in [0.2, 0.25) is 0 Å². The molecule has 1 fully saturated rings. The summed E-state index contributed by atoms with van der Waals surface area (Å²) >= 11 is 0. The van der Waals surface area contributed by atoms with E-state index in [0.29, 0.717) is 18.4 Å². The molecule has 0 radical (unpaired) electrons. The van der Waals surface area contributed by atoms with Gasteiger partial charge >= 0.3 is 0 Å². The smallest absolute Gasteiger partial charge is 0.188 e. The van der Waals surface area contributed by atoms with E-state index in [-0.39, 0.29) is 5.92 Å². The normalized spacial score (nSPS) is 25.8. The summed E-state index contributed by atoms with van der Waals surface area (Å²) < 4.78 is 0. The van der Waals surface area contributed by atoms with Crippen LogP contribution in [0.1, 0.15) is 25.7 Å². The van der Waals surface area contributed by atoms with Crippen LogP contribution >= 0.6 is 0 Å². The fraction of sp³-hybridized carbons (Fsp3) is 0.667. The number of hydrogen-bond donors (Lipinski definition) is 2. The van der Waals surface area contributed by atoms with Crippen LogP contribution in [0.3, 0.4) is 0 Å². The lowest BCUT2D eigenvalue weighted by atomic mass is 9.83. The van der Waals surface area contributed by atoms with Gasteiger partial charge in [0.05, 0.1) is 6.07 Å². The summed E-state index contributed by atoms with van der Waals surface area (Å²) in [5.74, 6) is 1.34. The Morgan fingerprint density at radius 1 is 1.50 bits per heavy atom. The molecule has 0 bridgehead atoms. The third-order valence-corrected chi connectivity index (χ3v) is 2.98. The van der Waals surface area contributed by atoms with Gasteiger partial charge in [-0.2, -0.15) is 5.26 Å². The molecule has 1 saturated carbocycles. The van der Waals surface area contributed by atoms with Crippen molar-refractivity contribution in [3.63, 3.8) is 0 Å². The Morgan fingerprint density at radius 3 is 2.75 bits per heavy atom. The van der Waals surface area contributed by atoms with Gasteiger partial charge in [0.25, 0.3) is 0 Å². The second-order valence-electron chi connectivity index (χ2n) is 4.24. The molecule has 0 amide bonds. The predicted molar refractivity (Wildman–Crippen MR) is 65.8 cm³/mol. The molecule has 1 aliphatic rings. The van der Waals surface area contributed by atoms with Crippen LogP contribution < -0.4 is 11.1 Å². The van der Waals surface area contributed by atoms with Crippen LogP contribution in [-0.4, -0.2) is 19.0 Å². The third kappa shape index (κ3) is 4.35. The Balaban J connectivity index is 2.23. The Kier molecular flexibility index (Phi) is 5.41. The average Bonchev–Trinajstić information content (AvgIpc) is 2.34. The summed E-state index contributed by atoms with van der Waals surface area (Å²) in [6.07, 6.45) is 5.96. The van der Waals surface area contributed by atoms with Crippen molar-refractivity contribution in [2.24, 2.45) is 22.6 Å². The molecule has 16 heavy (non-hydrogen) atoms. The third-order valence-electron chi connectivity index (χ3n) is 2.98. The van der Waals surface area contributed by atoms with Gasteiger partial charge in [-0.15, -0.1) is 6.58 Å². The molecule has 0 heterocycles. The lowest BCUT2D eigenvalue weighted by Crippen LogP contribution is -2.32. The van der Waals surface area contributed by atoms with E-state index in [1.807, 2.05) is 0 Å². The van der Waals surface area contributed by atoms with E-state index >= 15 is 0 Å². The summed E-state index contributed by atoms with van der Waals surface area (Å²) in [7, 11) is 0. The number of hydrogen-bond acceptors (Lipinski definition) is 2. The molecule has 0 aromatic heterocycles. The highest BCUT2D eigenvalue weighted by molar-refractivity contribution is 5.77. The van der Waals surface area contributed by atoms with E-state index in [2.05, 4.69) is 23.0 Å². The highest BCUT2D eigenvalue weighted by atomic mass is 15.1. The Bertz CT molecular complexity index is 282. The molecule has 0 aromatic carbocycles. The van der Waals surface area contributed by atoms with E-state index in [4.69, 9.17) is 11.0 Å². The summed E-state index contributed by atoms with van der Waals surface area (Å²) in [5, 5.41) is 11.7.